The minimum absolute atomic E-state index is 0.131. The van der Waals surface area contributed by atoms with E-state index in [1.807, 2.05) is 26.0 Å². The summed E-state index contributed by atoms with van der Waals surface area (Å²) in [6.45, 7) is 5.52. The Morgan fingerprint density at radius 2 is 2.29 bits per heavy atom. The van der Waals surface area contributed by atoms with Gasteiger partial charge < -0.3 is 10.6 Å². The Balaban J connectivity index is 2.01. The summed E-state index contributed by atoms with van der Waals surface area (Å²) in [5, 5.41) is 10.9. The van der Waals surface area contributed by atoms with Gasteiger partial charge in [0.25, 0.3) is 5.91 Å². The number of carbonyl (C=O) groups is 1. The number of likely N-dealkylation sites (N-methyl/N-ethyl adjacent to an activating group) is 1. The third-order valence-corrected chi connectivity index (χ3v) is 3.27. The lowest BCUT2D eigenvalue weighted by molar-refractivity contribution is 0.0950. The fourth-order valence-corrected chi connectivity index (χ4v) is 2.15. The molecular formula is C15H19ClN4O. The van der Waals surface area contributed by atoms with Crippen molar-refractivity contribution in [3.63, 3.8) is 0 Å². The van der Waals surface area contributed by atoms with Gasteiger partial charge in [-0.05, 0) is 31.7 Å². The third-order valence-electron chi connectivity index (χ3n) is 3.04. The van der Waals surface area contributed by atoms with Gasteiger partial charge in [0, 0.05) is 23.8 Å². The molecule has 0 aliphatic carbocycles. The predicted octanol–water partition coefficient (Wildman–Crippen LogP) is 2.25. The molecule has 6 heteroatoms. The van der Waals surface area contributed by atoms with Crippen LogP contribution in [0.1, 0.15) is 24.2 Å². The van der Waals surface area contributed by atoms with Crippen LogP contribution in [0.15, 0.2) is 36.7 Å². The SMILES string of the molecule is CCN[C@H](C)CNC(=O)c1cnn(-c2cccc(Cl)c2)c1. The van der Waals surface area contributed by atoms with Crippen LogP contribution in [0.25, 0.3) is 5.69 Å². The van der Waals surface area contributed by atoms with E-state index in [0.717, 1.165) is 12.2 Å². The second-order valence-corrected chi connectivity index (χ2v) is 5.26. The van der Waals surface area contributed by atoms with E-state index in [0.29, 0.717) is 17.1 Å². The quantitative estimate of drug-likeness (QED) is 0.860. The number of benzene rings is 1. The molecule has 21 heavy (non-hydrogen) atoms. The molecule has 0 aliphatic rings. The molecule has 0 bridgehead atoms. The number of carbonyl (C=O) groups excluding carboxylic acids is 1. The normalized spacial score (nSPS) is 12.1. The Morgan fingerprint density at radius 1 is 1.48 bits per heavy atom. The second-order valence-electron chi connectivity index (χ2n) is 4.82. The van der Waals surface area contributed by atoms with Crippen molar-refractivity contribution in [2.45, 2.75) is 19.9 Å². The molecule has 1 atom stereocenters. The Kier molecular flexibility index (Phi) is 5.36. The van der Waals surface area contributed by atoms with Crippen molar-refractivity contribution in [3.8, 4) is 5.69 Å². The van der Waals surface area contributed by atoms with Crippen molar-refractivity contribution in [2.24, 2.45) is 0 Å². The average molecular weight is 307 g/mol. The van der Waals surface area contributed by atoms with Crippen molar-refractivity contribution in [2.75, 3.05) is 13.1 Å². The van der Waals surface area contributed by atoms with Gasteiger partial charge in [0.05, 0.1) is 17.4 Å². The zero-order valence-corrected chi connectivity index (χ0v) is 12.9. The summed E-state index contributed by atoms with van der Waals surface area (Å²) in [7, 11) is 0. The molecule has 2 N–H and O–H groups in total. The van der Waals surface area contributed by atoms with Crippen molar-refractivity contribution in [1.29, 1.82) is 0 Å². The molecule has 1 aromatic heterocycles. The zero-order chi connectivity index (χ0) is 15.2. The fourth-order valence-electron chi connectivity index (χ4n) is 1.97. The molecule has 5 nitrogen and oxygen atoms in total. The molecule has 2 rings (SSSR count). The molecule has 0 unspecified atom stereocenters. The monoisotopic (exact) mass is 306 g/mol. The van der Waals surface area contributed by atoms with Crippen LogP contribution < -0.4 is 10.6 Å². The number of hydrogen-bond acceptors (Lipinski definition) is 3. The van der Waals surface area contributed by atoms with E-state index in [9.17, 15) is 4.79 Å². The van der Waals surface area contributed by atoms with Crippen LogP contribution in [-0.4, -0.2) is 34.8 Å². The molecule has 1 aromatic carbocycles. The lowest BCUT2D eigenvalue weighted by Crippen LogP contribution is -2.38. The number of aromatic nitrogens is 2. The summed E-state index contributed by atoms with van der Waals surface area (Å²) in [4.78, 5) is 12.0. The smallest absolute Gasteiger partial charge is 0.254 e. The van der Waals surface area contributed by atoms with Crippen molar-refractivity contribution in [3.05, 3.63) is 47.2 Å². The Hall–Kier alpha value is -1.85. The maximum Gasteiger partial charge on any atom is 0.254 e. The maximum absolute atomic E-state index is 12.0. The van der Waals surface area contributed by atoms with E-state index in [4.69, 9.17) is 11.6 Å². The van der Waals surface area contributed by atoms with Crippen LogP contribution in [0.3, 0.4) is 0 Å². The largest absolute Gasteiger partial charge is 0.350 e. The highest BCUT2D eigenvalue weighted by molar-refractivity contribution is 6.30. The summed E-state index contributed by atoms with van der Waals surface area (Å²) in [5.41, 5.74) is 1.35. The first-order valence-electron chi connectivity index (χ1n) is 6.92. The standard InChI is InChI=1S/C15H19ClN4O/c1-3-17-11(2)8-18-15(21)12-9-19-20(10-12)14-6-4-5-13(16)7-14/h4-7,9-11,17H,3,8H2,1-2H3,(H,18,21)/t11-/m1/s1. The van der Waals surface area contributed by atoms with Crippen molar-refractivity contribution >= 4 is 17.5 Å². The van der Waals surface area contributed by atoms with E-state index in [1.165, 1.54) is 0 Å². The van der Waals surface area contributed by atoms with Gasteiger partial charge in [-0.1, -0.05) is 24.6 Å². The van der Waals surface area contributed by atoms with Gasteiger partial charge in [0.2, 0.25) is 0 Å². The molecule has 1 heterocycles. The van der Waals surface area contributed by atoms with Gasteiger partial charge in [-0.3, -0.25) is 4.79 Å². The number of nitrogens with one attached hydrogen (secondary N) is 2. The fraction of sp³-hybridized carbons (Fsp3) is 0.333. The Morgan fingerprint density at radius 3 is 3.00 bits per heavy atom. The molecule has 112 valence electrons. The number of nitrogens with zero attached hydrogens (tertiary/aromatic N) is 2. The molecule has 1 amide bonds. The minimum atomic E-state index is -0.131. The summed E-state index contributed by atoms with van der Waals surface area (Å²) < 4.78 is 1.63. The first-order valence-corrected chi connectivity index (χ1v) is 7.30. The predicted molar refractivity (Wildman–Crippen MR) is 84.0 cm³/mol. The highest BCUT2D eigenvalue weighted by Gasteiger charge is 2.10. The minimum Gasteiger partial charge on any atom is -0.350 e. The van der Waals surface area contributed by atoms with Crippen LogP contribution in [-0.2, 0) is 0 Å². The van der Waals surface area contributed by atoms with Gasteiger partial charge in [-0.25, -0.2) is 4.68 Å². The Bertz CT molecular complexity index is 611. The Labute approximate surface area is 129 Å². The zero-order valence-electron chi connectivity index (χ0n) is 12.1. The van der Waals surface area contributed by atoms with Gasteiger partial charge in [-0.15, -0.1) is 0 Å². The van der Waals surface area contributed by atoms with Crippen LogP contribution in [0.4, 0.5) is 0 Å². The van der Waals surface area contributed by atoms with Gasteiger partial charge in [0.15, 0.2) is 0 Å². The second kappa shape index (κ2) is 7.24. The third kappa shape index (κ3) is 4.31. The van der Waals surface area contributed by atoms with E-state index in [-0.39, 0.29) is 11.9 Å². The lowest BCUT2D eigenvalue weighted by Gasteiger charge is -2.12. The van der Waals surface area contributed by atoms with E-state index >= 15 is 0 Å². The lowest BCUT2D eigenvalue weighted by atomic mass is 10.3. The molecule has 0 saturated carbocycles. The van der Waals surface area contributed by atoms with Gasteiger partial charge >= 0.3 is 0 Å². The first kappa shape index (κ1) is 15.5. The van der Waals surface area contributed by atoms with Crippen LogP contribution in [0, 0.1) is 0 Å². The van der Waals surface area contributed by atoms with Gasteiger partial charge in [-0.2, -0.15) is 5.10 Å². The van der Waals surface area contributed by atoms with Gasteiger partial charge in [0.1, 0.15) is 0 Å². The van der Waals surface area contributed by atoms with E-state index in [2.05, 4.69) is 15.7 Å². The summed E-state index contributed by atoms with van der Waals surface area (Å²) in [6.07, 6.45) is 3.24. The van der Waals surface area contributed by atoms with Crippen molar-refractivity contribution in [1.82, 2.24) is 20.4 Å². The van der Waals surface area contributed by atoms with E-state index in [1.54, 1.807) is 29.2 Å². The van der Waals surface area contributed by atoms with Crippen LogP contribution in [0.2, 0.25) is 5.02 Å². The number of amides is 1. The molecule has 0 radical (unpaired) electrons. The molecule has 0 spiro atoms. The highest BCUT2D eigenvalue weighted by atomic mass is 35.5. The molecular weight excluding hydrogens is 288 g/mol. The first-order chi connectivity index (χ1) is 10.1. The number of rotatable bonds is 6. The number of halogens is 1. The average Bonchev–Trinajstić information content (AvgIpc) is 2.95. The molecule has 0 fully saturated rings. The van der Waals surface area contributed by atoms with Crippen LogP contribution >= 0.6 is 11.6 Å². The molecule has 0 aliphatic heterocycles. The summed E-state index contributed by atoms with van der Waals surface area (Å²) in [6, 6.07) is 7.56. The summed E-state index contributed by atoms with van der Waals surface area (Å²) in [5.74, 6) is -0.131. The number of hydrogen-bond donors (Lipinski definition) is 2. The highest BCUT2D eigenvalue weighted by Crippen LogP contribution is 2.14. The van der Waals surface area contributed by atoms with Crippen molar-refractivity contribution < 1.29 is 4.79 Å². The summed E-state index contributed by atoms with van der Waals surface area (Å²) >= 11 is 5.95. The van der Waals surface area contributed by atoms with E-state index < -0.39 is 0 Å². The molecule has 2 aromatic rings. The maximum atomic E-state index is 12.0. The molecule has 0 saturated heterocycles. The van der Waals surface area contributed by atoms with Crippen LogP contribution in [0.5, 0.6) is 0 Å². The topological polar surface area (TPSA) is 58.9 Å².